The summed E-state index contributed by atoms with van der Waals surface area (Å²) < 4.78 is 14.7. The first-order valence-electron chi connectivity index (χ1n) is 11.0. The van der Waals surface area contributed by atoms with E-state index in [0.29, 0.717) is 12.1 Å². The summed E-state index contributed by atoms with van der Waals surface area (Å²) in [7, 11) is 0. The Morgan fingerprint density at radius 3 is 2.91 bits per heavy atom. The third-order valence-corrected chi connectivity index (χ3v) is 6.15. The highest BCUT2D eigenvalue weighted by Crippen LogP contribution is 2.24. The van der Waals surface area contributed by atoms with Crippen molar-refractivity contribution in [2.75, 3.05) is 5.32 Å². The van der Waals surface area contributed by atoms with E-state index in [4.69, 9.17) is 0 Å². The monoisotopic (exact) mass is 431 g/mol. The molecule has 4 aromatic rings. The van der Waals surface area contributed by atoms with E-state index in [1.165, 1.54) is 23.3 Å². The van der Waals surface area contributed by atoms with Gasteiger partial charge in [-0.1, -0.05) is 12.1 Å². The molecule has 1 saturated carbocycles. The molecule has 0 unspecified atom stereocenters. The summed E-state index contributed by atoms with van der Waals surface area (Å²) in [6.07, 6.45) is 7.86. The standard InChI is InChI=1S/C25H26FN5O/c26-19-9-10-31(25(32)13-19)23-6-1-3-17(11-23)15-27-20-4-2-5-21(14-20)29-22-7-8-24-18(12-22)16-28-30-24/h1,3,6-13,16,20-21,27,29H,2,4-5,14-15H2,(H,28,30)/t20-,21-/m0/s1. The number of hydrogen-bond acceptors (Lipinski definition) is 4. The molecule has 2 heterocycles. The quantitative estimate of drug-likeness (QED) is 0.424. The summed E-state index contributed by atoms with van der Waals surface area (Å²) in [5, 5.41) is 15.5. The third-order valence-electron chi connectivity index (χ3n) is 6.15. The Morgan fingerprint density at radius 1 is 1.09 bits per heavy atom. The predicted octanol–water partition coefficient (Wildman–Crippen LogP) is 4.37. The minimum Gasteiger partial charge on any atom is -0.382 e. The molecule has 1 aliphatic rings. The Balaban J connectivity index is 1.20. The molecule has 5 rings (SSSR count). The van der Waals surface area contributed by atoms with Crippen LogP contribution < -0.4 is 16.2 Å². The van der Waals surface area contributed by atoms with Crippen LogP contribution in [0.3, 0.4) is 0 Å². The second-order valence-corrected chi connectivity index (χ2v) is 8.48. The van der Waals surface area contributed by atoms with Gasteiger partial charge in [-0.15, -0.1) is 0 Å². The van der Waals surface area contributed by atoms with Crippen LogP contribution in [0, 0.1) is 5.82 Å². The number of anilines is 1. The van der Waals surface area contributed by atoms with Crippen LogP contribution in [-0.4, -0.2) is 26.8 Å². The SMILES string of the molecule is O=c1cc(F)ccn1-c1cccc(CN[C@H]2CCC[C@H](Nc3ccc4[nH]ncc4c3)C2)c1. The number of nitrogens with one attached hydrogen (secondary N) is 3. The fourth-order valence-corrected chi connectivity index (χ4v) is 4.52. The minimum atomic E-state index is -0.519. The highest BCUT2D eigenvalue weighted by atomic mass is 19.1. The molecule has 2 aromatic carbocycles. The number of aromatic amines is 1. The predicted molar refractivity (Wildman–Crippen MR) is 125 cm³/mol. The van der Waals surface area contributed by atoms with Crippen LogP contribution in [0.1, 0.15) is 31.2 Å². The van der Waals surface area contributed by atoms with Crippen molar-refractivity contribution in [1.29, 1.82) is 0 Å². The summed E-state index contributed by atoms with van der Waals surface area (Å²) in [5.41, 5.74) is 3.64. The summed E-state index contributed by atoms with van der Waals surface area (Å²) >= 11 is 0. The lowest BCUT2D eigenvalue weighted by atomic mass is 9.90. The van der Waals surface area contributed by atoms with E-state index in [-0.39, 0.29) is 5.56 Å². The lowest BCUT2D eigenvalue weighted by Gasteiger charge is -2.31. The number of pyridine rings is 1. The Bertz CT molecular complexity index is 1280. The molecule has 0 spiro atoms. The average molecular weight is 432 g/mol. The molecule has 0 aliphatic heterocycles. The Morgan fingerprint density at radius 2 is 2.00 bits per heavy atom. The van der Waals surface area contributed by atoms with Crippen LogP contribution in [0.25, 0.3) is 16.6 Å². The molecule has 3 N–H and O–H groups in total. The second kappa shape index (κ2) is 8.96. The van der Waals surface area contributed by atoms with Gasteiger partial charge in [-0.25, -0.2) is 4.39 Å². The van der Waals surface area contributed by atoms with Crippen molar-refractivity contribution in [3.8, 4) is 5.69 Å². The van der Waals surface area contributed by atoms with Crippen molar-refractivity contribution < 1.29 is 4.39 Å². The molecule has 32 heavy (non-hydrogen) atoms. The molecule has 7 heteroatoms. The molecule has 6 nitrogen and oxygen atoms in total. The lowest BCUT2D eigenvalue weighted by Crippen LogP contribution is -2.38. The van der Waals surface area contributed by atoms with E-state index in [1.807, 2.05) is 30.5 Å². The number of H-pyrrole nitrogens is 1. The van der Waals surface area contributed by atoms with E-state index in [2.05, 4.69) is 39.0 Å². The normalized spacial score (nSPS) is 18.7. The highest BCUT2D eigenvalue weighted by Gasteiger charge is 2.21. The molecular formula is C25H26FN5O. The number of fused-ring (bicyclic) bond motifs is 1. The van der Waals surface area contributed by atoms with Crippen LogP contribution in [0.2, 0.25) is 0 Å². The summed E-state index contributed by atoms with van der Waals surface area (Å²) in [4.78, 5) is 12.1. The molecule has 0 bridgehead atoms. The first-order valence-corrected chi connectivity index (χ1v) is 11.0. The first kappa shape index (κ1) is 20.5. The van der Waals surface area contributed by atoms with Crippen LogP contribution >= 0.6 is 0 Å². The van der Waals surface area contributed by atoms with Gasteiger partial charge < -0.3 is 10.6 Å². The van der Waals surface area contributed by atoms with Crippen LogP contribution in [0.5, 0.6) is 0 Å². The van der Waals surface area contributed by atoms with Gasteiger partial charge in [-0.2, -0.15) is 5.10 Å². The Hall–Kier alpha value is -3.45. The first-order chi connectivity index (χ1) is 15.6. The number of hydrogen-bond donors (Lipinski definition) is 3. The van der Waals surface area contributed by atoms with E-state index in [1.54, 1.807) is 0 Å². The smallest absolute Gasteiger partial charge is 0.257 e. The average Bonchev–Trinajstić information content (AvgIpc) is 3.26. The van der Waals surface area contributed by atoms with Crippen LogP contribution in [0.4, 0.5) is 10.1 Å². The van der Waals surface area contributed by atoms with Gasteiger partial charge in [0, 0.05) is 47.7 Å². The largest absolute Gasteiger partial charge is 0.382 e. The van der Waals surface area contributed by atoms with E-state index < -0.39 is 5.82 Å². The topological polar surface area (TPSA) is 74.7 Å². The van der Waals surface area contributed by atoms with Crippen molar-refractivity contribution in [2.24, 2.45) is 0 Å². The number of rotatable bonds is 6. The zero-order valence-electron chi connectivity index (χ0n) is 17.7. The molecule has 2 aromatic heterocycles. The Labute approximate surface area is 185 Å². The molecule has 0 radical (unpaired) electrons. The maximum Gasteiger partial charge on any atom is 0.257 e. The highest BCUT2D eigenvalue weighted by molar-refractivity contribution is 5.81. The van der Waals surface area contributed by atoms with Gasteiger partial charge in [0.25, 0.3) is 5.56 Å². The van der Waals surface area contributed by atoms with Crippen molar-refractivity contribution >= 4 is 16.6 Å². The molecule has 1 fully saturated rings. The van der Waals surface area contributed by atoms with Gasteiger partial charge in [-0.3, -0.25) is 14.5 Å². The van der Waals surface area contributed by atoms with Crippen LogP contribution in [0.15, 0.2) is 71.8 Å². The summed E-state index contributed by atoms with van der Waals surface area (Å²) in [6.45, 7) is 0.724. The van der Waals surface area contributed by atoms with Gasteiger partial charge in [0.05, 0.1) is 11.7 Å². The maximum absolute atomic E-state index is 13.3. The van der Waals surface area contributed by atoms with Gasteiger partial charge in [0.15, 0.2) is 0 Å². The van der Waals surface area contributed by atoms with Crippen LogP contribution in [-0.2, 0) is 6.54 Å². The van der Waals surface area contributed by atoms with Crippen molar-refractivity contribution in [2.45, 2.75) is 44.3 Å². The number of halogens is 1. The van der Waals surface area contributed by atoms with Gasteiger partial charge in [0.2, 0.25) is 0 Å². The molecular weight excluding hydrogens is 405 g/mol. The molecule has 2 atom stereocenters. The van der Waals surface area contributed by atoms with Gasteiger partial charge >= 0.3 is 0 Å². The van der Waals surface area contributed by atoms with E-state index >= 15 is 0 Å². The lowest BCUT2D eigenvalue weighted by molar-refractivity contribution is 0.350. The molecule has 164 valence electrons. The summed E-state index contributed by atoms with van der Waals surface area (Å²) in [5.74, 6) is -0.519. The maximum atomic E-state index is 13.3. The van der Waals surface area contributed by atoms with E-state index in [0.717, 1.165) is 59.7 Å². The fraction of sp³-hybridized carbons (Fsp3) is 0.280. The third kappa shape index (κ3) is 4.57. The van der Waals surface area contributed by atoms with Crippen molar-refractivity contribution in [1.82, 2.24) is 20.1 Å². The zero-order chi connectivity index (χ0) is 21.9. The Kier molecular flexibility index (Phi) is 5.73. The molecule has 1 aliphatic carbocycles. The number of nitrogens with zero attached hydrogens (tertiary/aromatic N) is 2. The number of aromatic nitrogens is 3. The number of benzene rings is 2. The fourth-order valence-electron chi connectivity index (χ4n) is 4.52. The van der Waals surface area contributed by atoms with Crippen molar-refractivity contribution in [3.63, 3.8) is 0 Å². The summed E-state index contributed by atoms with van der Waals surface area (Å²) in [6, 6.07) is 17.3. The zero-order valence-corrected chi connectivity index (χ0v) is 17.7. The second-order valence-electron chi connectivity index (χ2n) is 8.48. The van der Waals surface area contributed by atoms with Crippen molar-refractivity contribution in [3.05, 3.63) is 88.7 Å². The van der Waals surface area contributed by atoms with E-state index in [9.17, 15) is 9.18 Å². The van der Waals surface area contributed by atoms with Gasteiger partial charge in [-0.05, 0) is 67.6 Å². The molecule has 0 saturated heterocycles. The minimum absolute atomic E-state index is 0.370. The van der Waals surface area contributed by atoms with Gasteiger partial charge in [0.1, 0.15) is 5.82 Å². The molecule has 0 amide bonds.